The van der Waals surface area contributed by atoms with Crippen LogP contribution in [0.3, 0.4) is 0 Å². The Bertz CT molecular complexity index is 854. The van der Waals surface area contributed by atoms with Crippen molar-refractivity contribution < 1.29 is 23.8 Å². The summed E-state index contributed by atoms with van der Waals surface area (Å²) >= 11 is 5.99. The molecule has 3 rings (SSSR count). The van der Waals surface area contributed by atoms with Crippen LogP contribution in [0.1, 0.15) is 12.5 Å². The van der Waals surface area contributed by atoms with Gasteiger partial charge in [-0.1, -0.05) is 17.7 Å². The van der Waals surface area contributed by atoms with E-state index >= 15 is 0 Å². The third kappa shape index (κ3) is 4.71. The first-order valence-electron chi connectivity index (χ1n) is 8.53. The van der Waals surface area contributed by atoms with E-state index in [0.717, 1.165) is 5.56 Å². The number of fused-ring (bicyclic) bond motifs is 1. The maximum atomic E-state index is 12.4. The molecule has 0 saturated carbocycles. The number of esters is 1. The maximum Gasteiger partial charge on any atom is 0.313 e. The smallest absolute Gasteiger partial charge is 0.313 e. The Balaban J connectivity index is 1.57. The first kappa shape index (κ1) is 19.0. The number of carbonyl (C=O) groups is 2. The fourth-order valence-electron chi connectivity index (χ4n) is 2.78. The molecule has 0 unspecified atom stereocenters. The Hall–Kier alpha value is -2.73. The minimum absolute atomic E-state index is 0.206. The van der Waals surface area contributed by atoms with Gasteiger partial charge in [0.05, 0.1) is 13.0 Å². The molecule has 0 spiro atoms. The number of halogens is 1. The predicted octanol–water partition coefficient (Wildman–Crippen LogP) is 3.47. The number of methoxy groups -OCH3 is 1. The summed E-state index contributed by atoms with van der Waals surface area (Å²) in [6, 6.07) is 12.2. The Morgan fingerprint density at radius 2 is 2.07 bits per heavy atom. The first-order chi connectivity index (χ1) is 13.0. The molecule has 0 bridgehead atoms. The molecule has 0 saturated heterocycles. The van der Waals surface area contributed by atoms with Crippen molar-refractivity contribution in [1.29, 1.82) is 0 Å². The van der Waals surface area contributed by atoms with Crippen molar-refractivity contribution in [3.63, 3.8) is 0 Å². The lowest BCUT2D eigenvalue weighted by Gasteiger charge is -2.25. The normalized spacial score (nSPS) is 16.5. The van der Waals surface area contributed by atoms with Crippen molar-refractivity contribution in [3.8, 4) is 11.5 Å². The second kappa shape index (κ2) is 8.31. The van der Waals surface area contributed by atoms with E-state index < -0.39 is 23.9 Å². The third-order valence-electron chi connectivity index (χ3n) is 4.26. The molecule has 1 heterocycles. The van der Waals surface area contributed by atoms with Gasteiger partial charge in [-0.15, -0.1) is 0 Å². The lowest BCUT2D eigenvalue weighted by molar-refractivity contribution is -0.158. The van der Waals surface area contributed by atoms with E-state index in [2.05, 4.69) is 5.32 Å². The van der Waals surface area contributed by atoms with E-state index in [1.165, 1.54) is 6.92 Å². The Kier molecular flexibility index (Phi) is 5.86. The highest BCUT2D eigenvalue weighted by atomic mass is 35.5. The van der Waals surface area contributed by atoms with E-state index in [1.807, 2.05) is 0 Å². The monoisotopic (exact) mass is 389 g/mol. The van der Waals surface area contributed by atoms with Gasteiger partial charge in [-0.3, -0.25) is 9.59 Å². The number of hydrogen-bond acceptors (Lipinski definition) is 5. The molecule has 7 heteroatoms. The van der Waals surface area contributed by atoms with E-state index in [9.17, 15) is 9.59 Å². The zero-order valence-corrected chi connectivity index (χ0v) is 15.8. The van der Waals surface area contributed by atoms with E-state index in [0.29, 0.717) is 28.6 Å². The van der Waals surface area contributed by atoms with Crippen molar-refractivity contribution in [2.24, 2.45) is 5.92 Å². The summed E-state index contributed by atoms with van der Waals surface area (Å²) < 4.78 is 16.0. The van der Waals surface area contributed by atoms with Crippen LogP contribution in [0.2, 0.25) is 5.02 Å². The lowest BCUT2D eigenvalue weighted by Crippen LogP contribution is -2.36. The summed E-state index contributed by atoms with van der Waals surface area (Å²) in [6.07, 6.45) is -0.483. The van der Waals surface area contributed by atoms with Crippen LogP contribution in [0.15, 0.2) is 42.5 Å². The van der Waals surface area contributed by atoms with Gasteiger partial charge in [0.2, 0.25) is 0 Å². The quantitative estimate of drug-likeness (QED) is 0.792. The van der Waals surface area contributed by atoms with Crippen LogP contribution < -0.4 is 14.8 Å². The zero-order chi connectivity index (χ0) is 19.4. The molecule has 2 atom stereocenters. The molecule has 1 amide bonds. The molecular weight excluding hydrogens is 370 g/mol. The summed E-state index contributed by atoms with van der Waals surface area (Å²) in [5.74, 6) is -0.0462. The topological polar surface area (TPSA) is 73.9 Å². The molecule has 0 aromatic heterocycles. The van der Waals surface area contributed by atoms with E-state index in [-0.39, 0.29) is 6.61 Å². The fourth-order valence-corrected chi connectivity index (χ4v) is 2.98. The van der Waals surface area contributed by atoms with Crippen LogP contribution in [-0.2, 0) is 20.7 Å². The van der Waals surface area contributed by atoms with Crippen molar-refractivity contribution in [3.05, 3.63) is 53.1 Å². The largest absolute Gasteiger partial charge is 0.497 e. The Morgan fingerprint density at radius 1 is 1.26 bits per heavy atom. The molecule has 1 aliphatic rings. The Morgan fingerprint density at radius 3 is 2.85 bits per heavy atom. The average Bonchev–Trinajstić information content (AvgIpc) is 2.67. The van der Waals surface area contributed by atoms with Gasteiger partial charge in [0.15, 0.2) is 6.10 Å². The standard InChI is InChI=1S/C20H20ClNO5/c1-12(19(23)22-16-4-3-5-17(10-16)25-2)27-20(24)14-8-13-9-15(21)6-7-18(13)26-11-14/h3-7,9-10,12,14H,8,11H2,1-2H3,(H,22,23)/t12-,14-/m0/s1. The summed E-state index contributed by atoms with van der Waals surface area (Å²) in [5.41, 5.74) is 1.41. The highest BCUT2D eigenvalue weighted by molar-refractivity contribution is 6.30. The van der Waals surface area contributed by atoms with Gasteiger partial charge in [-0.05, 0) is 49.2 Å². The highest BCUT2D eigenvalue weighted by Gasteiger charge is 2.30. The molecule has 1 N–H and O–H groups in total. The number of nitrogens with one attached hydrogen (secondary N) is 1. The second-order valence-electron chi connectivity index (χ2n) is 6.26. The third-order valence-corrected chi connectivity index (χ3v) is 4.50. The number of ether oxygens (including phenoxy) is 3. The van der Waals surface area contributed by atoms with Crippen LogP contribution in [0, 0.1) is 5.92 Å². The van der Waals surface area contributed by atoms with Crippen molar-refractivity contribution >= 4 is 29.2 Å². The minimum atomic E-state index is -0.940. The van der Waals surface area contributed by atoms with Crippen LogP contribution in [-0.4, -0.2) is 31.7 Å². The second-order valence-corrected chi connectivity index (χ2v) is 6.70. The number of carbonyl (C=O) groups excluding carboxylic acids is 2. The molecule has 6 nitrogen and oxygen atoms in total. The van der Waals surface area contributed by atoms with Crippen LogP contribution in [0.4, 0.5) is 5.69 Å². The van der Waals surface area contributed by atoms with Crippen LogP contribution in [0.5, 0.6) is 11.5 Å². The number of rotatable bonds is 5. The molecule has 0 radical (unpaired) electrons. The number of benzene rings is 2. The molecule has 1 aliphatic heterocycles. The van der Waals surface area contributed by atoms with Gasteiger partial charge in [0.25, 0.3) is 5.91 Å². The molecule has 27 heavy (non-hydrogen) atoms. The number of anilines is 1. The van der Waals surface area contributed by atoms with E-state index in [1.54, 1.807) is 49.6 Å². The lowest BCUT2D eigenvalue weighted by atomic mass is 9.97. The molecule has 0 fully saturated rings. The van der Waals surface area contributed by atoms with Crippen molar-refractivity contribution in [2.75, 3.05) is 19.0 Å². The SMILES string of the molecule is COc1cccc(NC(=O)[C@H](C)OC(=O)[C@@H]2COc3ccc(Cl)cc3C2)c1. The first-order valence-corrected chi connectivity index (χ1v) is 8.90. The van der Waals surface area contributed by atoms with Gasteiger partial charge < -0.3 is 19.5 Å². The number of hydrogen-bond donors (Lipinski definition) is 1. The van der Waals surface area contributed by atoms with Gasteiger partial charge in [0, 0.05) is 16.8 Å². The van der Waals surface area contributed by atoms with Gasteiger partial charge in [0.1, 0.15) is 18.1 Å². The number of amides is 1. The van der Waals surface area contributed by atoms with Crippen LogP contribution >= 0.6 is 11.6 Å². The molecule has 2 aromatic rings. The summed E-state index contributed by atoms with van der Waals surface area (Å²) in [7, 11) is 1.54. The fraction of sp³-hybridized carbons (Fsp3) is 0.300. The van der Waals surface area contributed by atoms with Crippen LogP contribution in [0.25, 0.3) is 0 Å². The molecule has 2 aromatic carbocycles. The van der Waals surface area contributed by atoms with Gasteiger partial charge in [-0.2, -0.15) is 0 Å². The summed E-state index contributed by atoms with van der Waals surface area (Å²) in [6.45, 7) is 1.74. The molecule has 0 aliphatic carbocycles. The molecular formula is C20H20ClNO5. The zero-order valence-electron chi connectivity index (χ0n) is 15.0. The predicted molar refractivity (Wildman–Crippen MR) is 101 cm³/mol. The molecule has 142 valence electrons. The maximum absolute atomic E-state index is 12.4. The summed E-state index contributed by atoms with van der Waals surface area (Å²) in [5, 5.41) is 3.28. The Labute approximate surface area is 162 Å². The van der Waals surface area contributed by atoms with Crippen molar-refractivity contribution in [1.82, 2.24) is 0 Å². The van der Waals surface area contributed by atoms with Crippen molar-refractivity contribution in [2.45, 2.75) is 19.4 Å². The highest BCUT2D eigenvalue weighted by Crippen LogP contribution is 2.30. The van der Waals surface area contributed by atoms with Gasteiger partial charge >= 0.3 is 5.97 Å². The minimum Gasteiger partial charge on any atom is -0.497 e. The average molecular weight is 390 g/mol. The van der Waals surface area contributed by atoms with E-state index in [4.69, 9.17) is 25.8 Å². The van der Waals surface area contributed by atoms with Gasteiger partial charge in [-0.25, -0.2) is 0 Å². The summed E-state index contributed by atoms with van der Waals surface area (Å²) in [4.78, 5) is 24.7.